The molecule has 2 aromatic rings. The second-order valence-electron chi connectivity index (χ2n) is 3.99. The average molecular weight is 260 g/mol. The Balaban J connectivity index is 2.48. The fraction of sp³-hybridized carbons (Fsp3) is 0.200. The van der Waals surface area contributed by atoms with Crippen LogP contribution in [0.15, 0.2) is 36.4 Å². The molecule has 0 heterocycles. The van der Waals surface area contributed by atoms with Gasteiger partial charge in [0.1, 0.15) is 11.5 Å². The number of phenolic OH excluding ortho intramolecular Hbond substituents is 1. The van der Waals surface area contributed by atoms with E-state index >= 15 is 0 Å². The topological polar surface area (TPSA) is 47.9 Å². The molecule has 0 bridgehead atoms. The average Bonchev–Trinajstić information content (AvgIpc) is 2.46. The number of rotatable bonds is 4. The van der Waals surface area contributed by atoms with Crippen LogP contribution in [0.4, 0.5) is 0 Å². The lowest BCUT2D eigenvalue weighted by Gasteiger charge is -2.10. The fourth-order valence-electron chi connectivity index (χ4n) is 1.84. The quantitative estimate of drug-likeness (QED) is 0.917. The van der Waals surface area contributed by atoms with Crippen molar-refractivity contribution in [3.05, 3.63) is 36.4 Å². The largest absolute Gasteiger partial charge is 0.504 e. The molecule has 0 amide bonds. The Bertz CT molecular complexity index is 556. The van der Waals surface area contributed by atoms with E-state index < -0.39 is 0 Å². The summed E-state index contributed by atoms with van der Waals surface area (Å²) in [5.41, 5.74) is 1.75. The van der Waals surface area contributed by atoms with E-state index in [9.17, 15) is 5.11 Å². The SMILES string of the molecule is COc1cc(OC)cc(-c2ccc(OC)c(O)c2)c1. The maximum atomic E-state index is 9.82. The Morgan fingerprint density at radius 1 is 0.737 bits per heavy atom. The van der Waals surface area contributed by atoms with Crippen LogP contribution in [-0.4, -0.2) is 26.4 Å². The van der Waals surface area contributed by atoms with Crippen LogP contribution in [-0.2, 0) is 0 Å². The number of ether oxygens (including phenoxy) is 3. The summed E-state index contributed by atoms with van der Waals surface area (Å²) in [6.07, 6.45) is 0. The van der Waals surface area contributed by atoms with E-state index in [1.165, 1.54) is 7.11 Å². The van der Waals surface area contributed by atoms with Gasteiger partial charge in [-0.2, -0.15) is 0 Å². The molecule has 19 heavy (non-hydrogen) atoms. The van der Waals surface area contributed by atoms with Gasteiger partial charge in [0.25, 0.3) is 0 Å². The summed E-state index contributed by atoms with van der Waals surface area (Å²) in [5, 5.41) is 9.82. The van der Waals surface area contributed by atoms with Gasteiger partial charge in [-0.25, -0.2) is 0 Å². The molecule has 4 heteroatoms. The van der Waals surface area contributed by atoms with Crippen molar-refractivity contribution in [2.75, 3.05) is 21.3 Å². The van der Waals surface area contributed by atoms with Gasteiger partial charge in [0.2, 0.25) is 0 Å². The van der Waals surface area contributed by atoms with Crippen molar-refractivity contribution in [2.24, 2.45) is 0 Å². The van der Waals surface area contributed by atoms with Crippen LogP contribution in [0, 0.1) is 0 Å². The molecule has 0 spiro atoms. The van der Waals surface area contributed by atoms with Gasteiger partial charge in [-0.15, -0.1) is 0 Å². The lowest BCUT2D eigenvalue weighted by atomic mass is 10.0. The van der Waals surface area contributed by atoms with Crippen LogP contribution in [0.2, 0.25) is 0 Å². The first-order valence-corrected chi connectivity index (χ1v) is 5.78. The molecule has 0 aliphatic rings. The maximum Gasteiger partial charge on any atom is 0.160 e. The Morgan fingerprint density at radius 3 is 1.84 bits per heavy atom. The van der Waals surface area contributed by atoms with Gasteiger partial charge in [0, 0.05) is 6.07 Å². The second-order valence-corrected chi connectivity index (χ2v) is 3.99. The number of hydrogen-bond acceptors (Lipinski definition) is 4. The van der Waals surface area contributed by atoms with Gasteiger partial charge in [-0.05, 0) is 35.4 Å². The highest BCUT2D eigenvalue weighted by Gasteiger charge is 2.07. The molecule has 0 saturated carbocycles. The number of hydrogen-bond donors (Lipinski definition) is 1. The van der Waals surface area contributed by atoms with Crippen LogP contribution in [0.5, 0.6) is 23.0 Å². The predicted molar refractivity (Wildman–Crippen MR) is 73.2 cm³/mol. The van der Waals surface area contributed by atoms with Crippen molar-refractivity contribution in [1.29, 1.82) is 0 Å². The third-order valence-electron chi connectivity index (χ3n) is 2.86. The van der Waals surface area contributed by atoms with Gasteiger partial charge in [0.15, 0.2) is 11.5 Å². The molecule has 4 nitrogen and oxygen atoms in total. The Hall–Kier alpha value is -2.36. The molecule has 0 aliphatic carbocycles. The van der Waals surface area contributed by atoms with Gasteiger partial charge >= 0.3 is 0 Å². The first-order chi connectivity index (χ1) is 9.17. The molecule has 0 aromatic heterocycles. The minimum atomic E-state index is 0.0989. The smallest absolute Gasteiger partial charge is 0.160 e. The molecule has 100 valence electrons. The molecule has 0 radical (unpaired) electrons. The second kappa shape index (κ2) is 5.52. The first-order valence-electron chi connectivity index (χ1n) is 5.78. The molecule has 0 fully saturated rings. The zero-order valence-corrected chi connectivity index (χ0v) is 11.1. The van der Waals surface area contributed by atoms with Crippen molar-refractivity contribution in [3.63, 3.8) is 0 Å². The van der Waals surface area contributed by atoms with Crippen molar-refractivity contribution < 1.29 is 19.3 Å². The van der Waals surface area contributed by atoms with Crippen LogP contribution < -0.4 is 14.2 Å². The van der Waals surface area contributed by atoms with E-state index in [4.69, 9.17) is 14.2 Å². The van der Waals surface area contributed by atoms with Crippen molar-refractivity contribution in [1.82, 2.24) is 0 Å². The maximum absolute atomic E-state index is 9.82. The molecular weight excluding hydrogens is 244 g/mol. The minimum Gasteiger partial charge on any atom is -0.504 e. The van der Waals surface area contributed by atoms with Gasteiger partial charge in [-0.3, -0.25) is 0 Å². The number of benzene rings is 2. The Labute approximate surface area is 112 Å². The summed E-state index contributed by atoms with van der Waals surface area (Å²) < 4.78 is 15.5. The van der Waals surface area contributed by atoms with Gasteiger partial charge < -0.3 is 19.3 Å². The number of methoxy groups -OCH3 is 3. The third kappa shape index (κ3) is 2.73. The van der Waals surface area contributed by atoms with E-state index in [2.05, 4.69) is 0 Å². The van der Waals surface area contributed by atoms with Crippen LogP contribution in [0.3, 0.4) is 0 Å². The van der Waals surface area contributed by atoms with Crippen LogP contribution in [0.25, 0.3) is 11.1 Å². The molecule has 0 unspecified atom stereocenters. The highest BCUT2D eigenvalue weighted by molar-refractivity contribution is 5.70. The van der Waals surface area contributed by atoms with Gasteiger partial charge in [0.05, 0.1) is 21.3 Å². The van der Waals surface area contributed by atoms with Crippen LogP contribution >= 0.6 is 0 Å². The monoisotopic (exact) mass is 260 g/mol. The summed E-state index contributed by atoms with van der Waals surface area (Å²) >= 11 is 0. The lowest BCUT2D eigenvalue weighted by molar-refractivity contribution is 0.373. The number of aromatic hydroxyl groups is 1. The predicted octanol–water partition coefficient (Wildman–Crippen LogP) is 3.09. The summed E-state index contributed by atoms with van der Waals surface area (Å²) in [5.74, 6) is 1.94. The Morgan fingerprint density at radius 2 is 1.37 bits per heavy atom. The zero-order valence-electron chi connectivity index (χ0n) is 11.1. The van der Waals surface area contributed by atoms with Crippen molar-refractivity contribution in [3.8, 4) is 34.1 Å². The number of phenols is 1. The molecule has 0 aliphatic heterocycles. The molecular formula is C15H16O4. The summed E-state index contributed by atoms with van der Waals surface area (Å²) in [6, 6.07) is 10.8. The van der Waals surface area contributed by atoms with Crippen molar-refractivity contribution in [2.45, 2.75) is 0 Å². The van der Waals surface area contributed by atoms with Gasteiger partial charge in [-0.1, -0.05) is 6.07 Å². The van der Waals surface area contributed by atoms with E-state index in [-0.39, 0.29) is 5.75 Å². The molecule has 0 saturated heterocycles. The first kappa shape index (κ1) is 13.1. The standard InChI is InChI=1S/C15H16O4/c1-17-12-6-11(7-13(9-12)18-2)10-4-5-15(19-3)14(16)8-10/h4-9,16H,1-3H3. The minimum absolute atomic E-state index is 0.0989. The van der Waals surface area contributed by atoms with E-state index in [0.717, 1.165) is 11.1 Å². The normalized spacial score (nSPS) is 10.1. The molecule has 2 aromatic carbocycles. The Kier molecular flexibility index (Phi) is 3.80. The summed E-state index contributed by atoms with van der Waals surface area (Å²) in [4.78, 5) is 0. The molecule has 0 atom stereocenters. The van der Waals surface area contributed by atoms with E-state index in [1.54, 1.807) is 32.4 Å². The van der Waals surface area contributed by atoms with E-state index in [1.807, 2.05) is 18.2 Å². The highest BCUT2D eigenvalue weighted by atomic mass is 16.5. The van der Waals surface area contributed by atoms with E-state index in [0.29, 0.717) is 17.2 Å². The molecule has 1 N–H and O–H groups in total. The highest BCUT2D eigenvalue weighted by Crippen LogP contribution is 2.34. The zero-order chi connectivity index (χ0) is 13.8. The third-order valence-corrected chi connectivity index (χ3v) is 2.86. The summed E-state index contributed by atoms with van der Waals surface area (Å²) in [6.45, 7) is 0. The van der Waals surface area contributed by atoms with Crippen molar-refractivity contribution >= 4 is 0 Å². The molecule has 2 rings (SSSR count). The van der Waals surface area contributed by atoms with Crippen LogP contribution in [0.1, 0.15) is 0 Å². The lowest BCUT2D eigenvalue weighted by Crippen LogP contribution is -1.89. The fourth-order valence-corrected chi connectivity index (χ4v) is 1.84. The summed E-state index contributed by atoms with van der Waals surface area (Å²) in [7, 11) is 4.72.